The van der Waals surface area contributed by atoms with Gasteiger partial charge in [0.2, 0.25) is 0 Å². The average Bonchev–Trinajstić information content (AvgIpc) is 2.01. The molecule has 0 amide bonds. The Morgan fingerprint density at radius 2 is 1.69 bits per heavy atom. The number of hydrogen-bond acceptors (Lipinski definition) is 4. The molecule has 1 aromatic rings. The van der Waals surface area contributed by atoms with Crippen molar-refractivity contribution in [3.8, 4) is 5.75 Å². The summed E-state index contributed by atoms with van der Waals surface area (Å²) in [7, 11) is -4.60. The van der Waals surface area contributed by atoms with Crippen molar-refractivity contribution in [3.05, 3.63) is 23.8 Å². The topological polar surface area (TPSA) is 112 Å². The van der Waals surface area contributed by atoms with Crippen LogP contribution >= 0.6 is 0 Å². The number of rotatable bonds is 2. The molecule has 9 heteroatoms. The van der Waals surface area contributed by atoms with Crippen LogP contribution in [0, 0.1) is 0 Å². The van der Waals surface area contributed by atoms with Crippen LogP contribution in [0.15, 0.2) is 23.1 Å². The number of aromatic hydroxyl groups is 1. The van der Waals surface area contributed by atoms with Crippen LogP contribution in [0.3, 0.4) is 0 Å². The van der Waals surface area contributed by atoms with Crippen LogP contribution in [0.25, 0.3) is 0 Å². The van der Waals surface area contributed by atoms with E-state index in [-0.39, 0.29) is 103 Å². The maximum atomic E-state index is 10.6. The zero-order chi connectivity index (χ0) is 10.9. The first-order valence-electron chi connectivity index (χ1n) is 3.37. The quantitative estimate of drug-likeness (QED) is 0.479. The van der Waals surface area contributed by atoms with E-state index in [1.807, 2.05) is 0 Å². The van der Waals surface area contributed by atoms with Crippen LogP contribution in [0.2, 0.25) is 0 Å². The van der Waals surface area contributed by atoms with Crippen molar-refractivity contribution < 1.29 is 28.0 Å². The molecule has 1 aromatic carbocycles. The summed E-state index contributed by atoms with van der Waals surface area (Å²) in [5, 5.41) is 17.7. The normalized spacial score (nSPS) is 9.81. The van der Waals surface area contributed by atoms with Gasteiger partial charge in [0.15, 0.2) is 5.75 Å². The summed E-state index contributed by atoms with van der Waals surface area (Å²) in [5.41, 5.74) is -0.583. The predicted octanol–water partition coefficient (Wildman–Crippen LogP) is -0.960. The molecule has 0 saturated heterocycles. The van der Waals surface area contributed by atoms with E-state index >= 15 is 0 Å². The van der Waals surface area contributed by atoms with Crippen molar-refractivity contribution in [1.82, 2.24) is 0 Å². The molecule has 0 saturated carbocycles. The first-order valence-corrected chi connectivity index (χ1v) is 4.81. The van der Waals surface area contributed by atoms with Gasteiger partial charge in [0.05, 0.1) is 0 Å². The SMILES string of the molecule is O=C(O)c1cccc(S(=O)(=O)O)c1O.[KH].[KH]. The number of para-hydroxylation sites is 1. The molecule has 16 heavy (non-hydrogen) atoms. The van der Waals surface area contributed by atoms with E-state index in [0.29, 0.717) is 0 Å². The van der Waals surface area contributed by atoms with Crippen molar-refractivity contribution in [3.63, 3.8) is 0 Å². The molecule has 0 aromatic heterocycles. The molecule has 80 valence electrons. The summed E-state index contributed by atoms with van der Waals surface area (Å²) in [6, 6.07) is 3.02. The molecule has 3 N–H and O–H groups in total. The van der Waals surface area contributed by atoms with Gasteiger partial charge in [-0.2, -0.15) is 8.42 Å². The van der Waals surface area contributed by atoms with E-state index in [1.54, 1.807) is 0 Å². The molecule has 0 fully saturated rings. The number of aromatic carboxylic acids is 1. The van der Waals surface area contributed by atoms with Gasteiger partial charge in [0.1, 0.15) is 10.5 Å². The third kappa shape index (κ3) is 5.12. The summed E-state index contributed by atoms with van der Waals surface area (Å²) in [6.07, 6.45) is 0. The third-order valence-electron chi connectivity index (χ3n) is 1.51. The van der Waals surface area contributed by atoms with Crippen molar-refractivity contribution in [2.75, 3.05) is 0 Å². The molecule has 0 aliphatic heterocycles. The van der Waals surface area contributed by atoms with Crippen LogP contribution in [0.4, 0.5) is 0 Å². The van der Waals surface area contributed by atoms with E-state index in [4.69, 9.17) is 9.66 Å². The van der Waals surface area contributed by atoms with Gasteiger partial charge in [-0.15, -0.1) is 0 Å². The number of carboxylic acids is 1. The van der Waals surface area contributed by atoms with Crippen LogP contribution in [0.5, 0.6) is 5.75 Å². The van der Waals surface area contributed by atoms with Gasteiger partial charge in [-0.05, 0) is 12.1 Å². The monoisotopic (exact) mass is 298 g/mol. The maximum absolute atomic E-state index is 10.6. The molecule has 0 atom stereocenters. The number of hydrogen-bond donors (Lipinski definition) is 3. The summed E-state index contributed by atoms with van der Waals surface area (Å²) in [4.78, 5) is 9.64. The third-order valence-corrected chi connectivity index (χ3v) is 2.39. The van der Waals surface area contributed by atoms with Crippen LogP contribution in [0.1, 0.15) is 10.4 Å². The Hall–Kier alpha value is 1.67. The van der Waals surface area contributed by atoms with Gasteiger partial charge in [-0.25, -0.2) is 4.79 Å². The van der Waals surface area contributed by atoms with Crippen molar-refractivity contribution >= 4 is 119 Å². The number of carbonyl (C=O) groups is 1. The number of carboxylic acid groups (broad SMARTS) is 1. The second kappa shape index (κ2) is 7.97. The van der Waals surface area contributed by atoms with Gasteiger partial charge < -0.3 is 10.2 Å². The Balaban J connectivity index is 0. The fraction of sp³-hybridized carbons (Fsp3) is 0. The van der Waals surface area contributed by atoms with Gasteiger partial charge in [0.25, 0.3) is 10.1 Å². The zero-order valence-corrected chi connectivity index (χ0v) is 7.52. The number of phenols is 1. The standard InChI is InChI=1S/C7H6O6S.2K.2H/c8-6-4(7(9)10)2-1-3-5(6)14(11,12)13;;;;/h1-3,8H,(H,9,10)(H,11,12,13);;;;. The van der Waals surface area contributed by atoms with E-state index < -0.39 is 32.3 Å². The Morgan fingerprint density at radius 3 is 2.06 bits per heavy atom. The Labute approximate surface area is 177 Å². The fourth-order valence-electron chi connectivity index (χ4n) is 0.903. The summed E-state index contributed by atoms with van der Waals surface area (Å²) < 4.78 is 29.9. The van der Waals surface area contributed by atoms with Crippen LogP contribution in [-0.2, 0) is 10.1 Å². The van der Waals surface area contributed by atoms with E-state index in [0.717, 1.165) is 18.2 Å². The molecule has 0 spiro atoms. The fourth-order valence-corrected chi connectivity index (χ4v) is 1.51. The van der Waals surface area contributed by atoms with Gasteiger partial charge >= 0.3 is 109 Å². The molecule has 0 radical (unpaired) electrons. The van der Waals surface area contributed by atoms with Gasteiger partial charge in [0, 0.05) is 0 Å². The first kappa shape index (κ1) is 20.0. The minimum atomic E-state index is -4.60. The number of benzene rings is 1. The Kier molecular flexibility index (Phi) is 9.96. The molecule has 6 nitrogen and oxygen atoms in total. The summed E-state index contributed by atoms with van der Waals surface area (Å²) in [6.45, 7) is 0. The van der Waals surface area contributed by atoms with Crippen molar-refractivity contribution in [1.29, 1.82) is 0 Å². The minimum absolute atomic E-state index is 0. The molecule has 0 bridgehead atoms. The molecule has 0 aliphatic carbocycles. The first-order chi connectivity index (χ1) is 6.34. The Morgan fingerprint density at radius 1 is 1.19 bits per heavy atom. The van der Waals surface area contributed by atoms with Gasteiger partial charge in [-0.3, -0.25) is 4.55 Å². The second-order valence-electron chi connectivity index (χ2n) is 2.43. The Bertz CT molecular complexity index is 484. The van der Waals surface area contributed by atoms with Gasteiger partial charge in [-0.1, -0.05) is 6.07 Å². The molecule has 0 aliphatic rings. The molecule has 1 rings (SSSR count). The molecule has 0 unspecified atom stereocenters. The van der Waals surface area contributed by atoms with E-state index in [2.05, 4.69) is 0 Å². The van der Waals surface area contributed by atoms with E-state index in [9.17, 15) is 18.3 Å². The summed E-state index contributed by atoms with van der Waals surface area (Å²) >= 11 is 0. The summed E-state index contributed by atoms with van der Waals surface area (Å²) in [5.74, 6) is -2.45. The molecule has 0 heterocycles. The zero-order valence-electron chi connectivity index (χ0n) is 6.71. The van der Waals surface area contributed by atoms with Crippen molar-refractivity contribution in [2.45, 2.75) is 4.90 Å². The van der Waals surface area contributed by atoms with Crippen LogP contribution < -0.4 is 0 Å². The second-order valence-corrected chi connectivity index (χ2v) is 3.82. The molecular formula is C7H8K2O6S. The van der Waals surface area contributed by atoms with Crippen LogP contribution in [-0.4, -0.2) is 132 Å². The average molecular weight is 298 g/mol. The van der Waals surface area contributed by atoms with Crippen molar-refractivity contribution in [2.24, 2.45) is 0 Å². The molecular weight excluding hydrogens is 290 g/mol. The predicted molar refractivity (Wildman–Crippen MR) is 59.2 cm³/mol. The van der Waals surface area contributed by atoms with E-state index in [1.165, 1.54) is 0 Å².